The zero-order valence-corrected chi connectivity index (χ0v) is 17.1. The molecule has 7 heteroatoms. The Morgan fingerprint density at radius 2 is 2.00 bits per heavy atom. The van der Waals surface area contributed by atoms with Crippen LogP contribution in [0.25, 0.3) is 21.6 Å². The Kier molecular flexibility index (Phi) is 3.92. The average molecular weight is 417 g/mol. The van der Waals surface area contributed by atoms with Gasteiger partial charge in [-0.25, -0.2) is 4.98 Å². The van der Waals surface area contributed by atoms with E-state index in [-0.39, 0.29) is 17.4 Å². The summed E-state index contributed by atoms with van der Waals surface area (Å²) in [6, 6.07) is 15.6. The Bertz CT molecular complexity index is 1300. The molecule has 0 spiro atoms. The number of aromatic nitrogens is 3. The van der Waals surface area contributed by atoms with Gasteiger partial charge in [0.25, 0.3) is 11.5 Å². The Morgan fingerprint density at radius 3 is 2.90 bits per heavy atom. The largest absolute Gasteiger partial charge is 0.353 e. The number of pyridine rings is 1. The number of nitrogens with one attached hydrogen (secondary N) is 1. The SMILES string of the molecule is O=C(c1csc(-c2cc3ccccc3[nH]2)n1)N1CC2CC(C1)c1cccc(=O)n1C2. The standard InChI is InChI=1S/C23H20N4O2S/c28-21-7-3-6-20-16-8-14(11-27(20)21)10-26(12-16)23(29)19-13-30-22(25-19)18-9-15-4-1-2-5-17(15)24-18/h1-7,9,13-14,16,24H,8,10-12H2. The van der Waals surface area contributed by atoms with Crippen molar-refractivity contribution in [3.05, 3.63) is 75.7 Å². The number of carbonyl (C=O) groups is 1. The molecule has 2 unspecified atom stereocenters. The number of fused-ring (bicyclic) bond motifs is 5. The fourth-order valence-corrected chi connectivity index (χ4v) is 5.67. The number of carbonyl (C=O) groups excluding carboxylic acids is 1. The van der Waals surface area contributed by atoms with Gasteiger partial charge in [-0.1, -0.05) is 24.3 Å². The number of H-pyrrole nitrogens is 1. The normalized spacial score (nSPS) is 20.3. The van der Waals surface area contributed by atoms with Gasteiger partial charge in [0.05, 0.1) is 5.69 Å². The number of hydrogen-bond acceptors (Lipinski definition) is 4. The van der Waals surface area contributed by atoms with Crippen molar-refractivity contribution in [2.45, 2.75) is 18.9 Å². The van der Waals surface area contributed by atoms with Gasteiger partial charge >= 0.3 is 0 Å². The van der Waals surface area contributed by atoms with E-state index in [0.717, 1.165) is 33.7 Å². The Balaban J connectivity index is 1.27. The molecule has 3 aromatic heterocycles. The third kappa shape index (κ3) is 2.81. The first-order valence-corrected chi connectivity index (χ1v) is 11.1. The van der Waals surface area contributed by atoms with E-state index in [0.29, 0.717) is 31.2 Å². The molecule has 0 radical (unpaired) electrons. The highest BCUT2D eigenvalue weighted by atomic mass is 32.1. The van der Waals surface area contributed by atoms with Crippen molar-refractivity contribution < 1.29 is 4.79 Å². The van der Waals surface area contributed by atoms with Gasteiger partial charge in [-0.2, -0.15) is 0 Å². The van der Waals surface area contributed by atoms with Crippen molar-refractivity contribution in [3.63, 3.8) is 0 Å². The number of para-hydroxylation sites is 1. The maximum Gasteiger partial charge on any atom is 0.273 e. The number of piperidine rings is 1. The Morgan fingerprint density at radius 1 is 1.10 bits per heavy atom. The summed E-state index contributed by atoms with van der Waals surface area (Å²) in [5.74, 6) is 0.504. The molecule has 2 aliphatic rings. The van der Waals surface area contributed by atoms with Crippen molar-refractivity contribution in [2.75, 3.05) is 13.1 Å². The first-order valence-electron chi connectivity index (χ1n) is 10.2. The molecule has 5 heterocycles. The highest BCUT2D eigenvalue weighted by Gasteiger charge is 2.37. The number of likely N-dealkylation sites (tertiary alicyclic amines) is 1. The monoisotopic (exact) mass is 416 g/mol. The molecule has 1 N–H and O–H groups in total. The molecular formula is C23H20N4O2S. The Hall–Kier alpha value is -3.19. The molecule has 150 valence electrons. The molecule has 1 aromatic carbocycles. The molecule has 0 aliphatic carbocycles. The van der Waals surface area contributed by atoms with Gasteiger partial charge in [-0.05, 0) is 30.5 Å². The summed E-state index contributed by atoms with van der Waals surface area (Å²) < 4.78 is 1.89. The maximum absolute atomic E-state index is 13.2. The number of benzene rings is 1. The number of nitrogens with zero attached hydrogens (tertiary/aromatic N) is 3. The lowest BCUT2D eigenvalue weighted by atomic mass is 9.83. The lowest BCUT2D eigenvalue weighted by Gasteiger charge is -2.42. The summed E-state index contributed by atoms with van der Waals surface area (Å²) in [4.78, 5) is 35.4. The van der Waals surface area contributed by atoms with Gasteiger partial charge in [0.2, 0.25) is 0 Å². The van der Waals surface area contributed by atoms with Crippen molar-refractivity contribution in [1.82, 2.24) is 19.4 Å². The molecule has 2 bridgehead atoms. The lowest BCUT2D eigenvalue weighted by molar-refractivity contribution is 0.0589. The average Bonchev–Trinajstić information content (AvgIpc) is 3.41. The number of amides is 1. The summed E-state index contributed by atoms with van der Waals surface area (Å²) >= 11 is 1.49. The fraction of sp³-hybridized carbons (Fsp3) is 0.261. The van der Waals surface area contributed by atoms with Gasteiger partial charge in [-0.15, -0.1) is 11.3 Å². The molecule has 30 heavy (non-hydrogen) atoms. The van der Waals surface area contributed by atoms with Crippen LogP contribution in [0.5, 0.6) is 0 Å². The van der Waals surface area contributed by atoms with Crippen LogP contribution < -0.4 is 5.56 Å². The van der Waals surface area contributed by atoms with Crippen LogP contribution in [0, 0.1) is 5.92 Å². The van der Waals surface area contributed by atoms with Gasteiger partial charge in [0, 0.05) is 53.6 Å². The molecule has 4 aromatic rings. The summed E-state index contributed by atoms with van der Waals surface area (Å²) in [6.07, 6.45) is 1.03. The van der Waals surface area contributed by atoms with Crippen LogP contribution in [0.2, 0.25) is 0 Å². The fourth-order valence-electron chi connectivity index (χ4n) is 4.91. The second-order valence-electron chi connectivity index (χ2n) is 8.22. The quantitative estimate of drug-likeness (QED) is 0.541. The van der Waals surface area contributed by atoms with Crippen LogP contribution in [0.3, 0.4) is 0 Å². The predicted octanol–water partition coefficient (Wildman–Crippen LogP) is 3.71. The molecular weight excluding hydrogens is 396 g/mol. The van der Waals surface area contributed by atoms with Gasteiger partial charge in [0.15, 0.2) is 0 Å². The van der Waals surface area contributed by atoms with Gasteiger partial charge < -0.3 is 14.5 Å². The van der Waals surface area contributed by atoms with Crippen LogP contribution in [0.4, 0.5) is 0 Å². The first-order chi connectivity index (χ1) is 14.7. The molecule has 2 aliphatic heterocycles. The summed E-state index contributed by atoms with van der Waals surface area (Å²) in [5, 5.41) is 3.81. The molecule has 6 nitrogen and oxygen atoms in total. The van der Waals surface area contributed by atoms with Crippen LogP contribution in [0.15, 0.2) is 58.7 Å². The topological polar surface area (TPSA) is 71.0 Å². The molecule has 6 rings (SSSR count). The van der Waals surface area contributed by atoms with Crippen molar-refractivity contribution >= 4 is 28.1 Å². The van der Waals surface area contributed by atoms with E-state index in [1.807, 2.05) is 45.2 Å². The van der Waals surface area contributed by atoms with Crippen molar-refractivity contribution in [2.24, 2.45) is 5.92 Å². The van der Waals surface area contributed by atoms with E-state index in [1.165, 1.54) is 11.3 Å². The van der Waals surface area contributed by atoms with Crippen molar-refractivity contribution in [1.29, 1.82) is 0 Å². The van der Waals surface area contributed by atoms with E-state index in [2.05, 4.69) is 22.1 Å². The number of thiazole rings is 1. The smallest absolute Gasteiger partial charge is 0.273 e. The van der Waals surface area contributed by atoms with E-state index < -0.39 is 0 Å². The second kappa shape index (κ2) is 6.67. The summed E-state index contributed by atoms with van der Waals surface area (Å²) in [5.41, 5.74) is 3.61. The van der Waals surface area contributed by atoms with E-state index >= 15 is 0 Å². The second-order valence-corrected chi connectivity index (χ2v) is 9.07. The van der Waals surface area contributed by atoms with Crippen LogP contribution in [-0.4, -0.2) is 38.4 Å². The zero-order valence-electron chi connectivity index (χ0n) is 16.2. The zero-order chi connectivity index (χ0) is 20.2. The third-order valence-electron chi connectivity index (χ3n) is 6.25. The van der Waals surface area contributed by atoms with E-state index in [9.17, 15) is 9.59 Å². The van der Waals surface area contributed by atoms with Crippen LogP contribution in [0.1, 0.15) is 28.5 Å². The highest BCUT2D eigenvalue weighted by Crippen LogP contribution is 2.36. The van der Waals surface area contributed by atoms with Crippen LogP contribution >= 0.6 is 11.3 Å². The molecule has 2 atom stereocenters. The van der Waals surface area contributed by atoms with Crippen molar-refractivity contribution in [3.8, 4) is 10.7 Å². The third-order valence-corrected chi connectivity index (χ3v) is 7.13. The Labute approximate surface area is 176 Å². The minimum Gasteiger partial charge on any atom is -0.353 e. The van der Waals surface area contributed by atoms with Gasteiger partial charge in [0.1, 0.15) is 10.7 Å². The summed E-state index contributed by atoms with van der Waals surface area (Å²) in [7, 11) is 0. The molecule has 1 fully saturated rings. The van der Waals surface area contributed by atoms with E-state index in [4.69, 9.17) is 0 Å². The predicted molar refractivity (Wildman–Crippen MR) is 117 cm³/mol. The van der Waals surface area contributed by atoms with Gasteiger partial charge in [-0.3, -0.25) is 9.59 Å². The molecule has 1 saturated heterocycles. The number of rotatable bonds is 2. The number of aromatic amines is 1. The molecule has 1 amide bonds. The molecule has 0 saturated carbocycles. The minimum atomic E-state index is -0.0185. The van der Waals surface area contributed by atoms with E-state index in [1.54, 1.807) is 6.07 Å². The highest BCUT2D eigenvalue weighted by molar-refractivity contribution is 7.13. The first kappa shape index (κ1) is 17.7. The van der Waals surface area contributed by atoms with Crippen LogP contribution in [-0.2, 0) is 6.54 Å². The maximum atomic E-state index is 13.2. The summed E-state index contributed by atoms with van der Waals surface area (Å²) in [6.45, 7) is 2.00. The lowest BCUT2D eigenvalue weighted by Crippen LogP contribution is -2.49. The number of hydrogen-bond donors (Lipinski definition) is 1. The minimum absolute atomic E-state index is 0.0185.